The Morgan fingerprint density at radius 2 is 1.54 bits per heavy atom. The van der Waals surface area contributed by atoms with Crippen LogP contribution < -0.4 is 0 Å². The van der Waals surface area contributed by atoms with Crippen LogP contribution in [0.5, 0.6) is 0 Å². The van der Waals surface area contributed by atoms with Gasteiger partial charge in [0.1, 0.15) is 0 Å². The summed E-state index contributed by atoms with van der Waals surface area (Å²) >= 11 is 2.13. The van der Waals surface area contributed by atoms with Gasteiger partial charge in [0.05, 0.1) is 0 Å². The largest absolute Gasteiger partial charge is 0.162 e. The molecule has 0 aliphatic heterocycles. The van der Waals surface area contributed by atoms with E-state index in [0.717, 1.165) is 5.92 Å². The van der Waals surface area contributed by atoms with Crippen LogP contribution in [0.15, 0.2) is 0 Å². The molecule has 0 unspecified atom stereocenters. The van der Waals surface area contributed by atoms with Crippen LogP contribution in [0.2, 0.25) is 0 Å². The molecule has 1 heteroatoms. The highest BCUT2D eigenvalue weighted by atomic mass is 32.2. The minimum Gasteiger partial charge on any atom is -0.162 e. The third-order valence-electron chi connectivity index (χ3n) is 2.09. The summed E-state index contributed by atoms with van der Waals surface area (Å²) in [4.78, 5) is 0. The normalized spacial score (nSPS) is 11.1. The van der Waals surface area contributed by atoms with Gasteiger partial charge in [0.2, 0.25) is 0 Å². The maximum absolute atomic E-state index is 2.30. The molecule has 0 saturated carbocycles. The van der Waals surface area contributed by atoms with Crippen molar-refractivity contribution in [2.24, 2.45) is 5.92 Å². The average molecular weight is 202 g/mol. The second-order valence-corrected chi connectivity index (χ2v) is 5.39. The predicted octanol–water partition coefficient (Wildman–Crippen LogP) is 4.74. The Hall–Kier alpha value is 0.350. The summed E-state index contributed by atoms with van der Waals surface area (Å²) in [5, 5.41) is 0. The maximum atomic E-state index is 2.30. The van der Waals surface area contributed by atoms with Gasteiger partial charge < -0.3 is 0 Å². The highest BCUT2D eigenvalue weighted by molar-refractivity contribution is 7.99. The van der Waals surface area contributed by atoms with Crippen molar-refractivity contribution < 1.29 is 0 Å². The summed E-state index contributed by atoms with van der Waals surface area (Å²) in [6.07, 6.45) is 8.58. The number of unbranched alkanes of at least 4 members (excludes halogenated alkanes) is 5. The van der Waals surface area contributed by atoms with Crippen LogP contribution in [0.3, 0.4) is 0 Å². The molecule has 0 spiro atoms. The highest BCUT2D eigenvalue weighted by Crippen LogP contribution is 2.12. The first-order chi connectivity index (χ1) is 6.27. The molecule has 0 N–H and O–H groups in total. The molecule has 0 atom stereocenters. The van der Waals surface area contributed by atoms with Crippen LogP contribution in [0.25, 0.3) is 0 Å². The third-order valence-corrected chi connectivity index (χ3v) is 3.57. The summed E-state index contributed by atoms with van der Waals surface area (Å²) in [6.45, 7) is 6.88. The van der Waals surface area contributed by atoms with E-state index in [1.807, 2.05) is 0 Å². The van der Waals surface area contributed by atoms with E-state index in [4.69, 9.17) is 0 Å². The lowest BCUT2D eigenvalue weighted by Crippen LogP contribution is -1.92. The van der Waals surface area contributed by atoms with Crippen molar-refractivity contribution in [2.45, 2.75) is 59.3 Å². The number of thioether (sulfide) groups is 1. The summed E-state index contributed by atoms with van der Waals surface area (Å²) in [5.41, 5.74) is 0. The van der Waals surface area contributed by atoms with E-state index in [1.165, 1.54) is 50.0 Å². The first-order valence-corrected chi connectivity index (χ1v) is 7.00. The molecule has 0 aromatic rings. The Balaban J connectivity index is 2.84. The number of rotatable bonds is 9. The Labute approximate surface area is 88.9 Å². The van der Waals surface area contributed by atoms with Crippen LogP contribution in [0, 0.1) is 5.92 Å². The van der Waals surface area contributed by atoms with Crippen molar-refractivity contribution >= 4 is 11.8 Å². The summed E-state index contributed by atoms with van der Waals surface area (Å²) in [6, 6.07) is 0. The highest BCUT2D eigenvalue weighted by Gasteiger charge is 1.94. The smallest absolute Gasteiger partial charge is 0.00444 e. The van der Waals surface area contributed by atoms with Crippen LogP contribution in [-0.2, 0) is 0 Å². The predicted molar refractivity (Wildman–Crippen MR) is 65.5 cm³/mol. The van der Waals surface area contributed by atoms with Crippen molar-refractivity contribution in [2.75, 3.05) is 11.5 Å². The molecule has 0 aromatic carbocycles. The fourth-order valence-corrected chi connectivity index (χ4v) is 2.35. The molecule has 0 rings (SSSR count). The molecule has 0 aliphatic rings. The summed E-state index contributed by atoms with van der Waals surface area (Å²) in [7, 11) is 0. The Kier molecular flexibility index (Phi) is 10.7. The van der Waals surface area contributed by atoms with E-state index >= 15 is 0 Å². The van der Waals surface area contributed by atoms with Crippen LogP contribution in [0.4, 0.5) is 0 Å². The second kappa shape index (κ2) is 10.4. The Morgan fingerprint density at radius 3 is 2.15 bits per heavy atom. The van der Waals surface area contributed by atoms with Gasteiger partial charge in [0, 0.05) is 0 Å². The van der Waals surface area contributed by atoms with Gasteiger partial charge in [-0.05, 0) is 23.8 Å². The van der Waals surface area contributed by atoms with Crippen molar-refractivity contribution in [1.82, 2.24) is 0 Å². The van der Waals surface area contributed by atoms with E-state index in [1.54, 1.807) is 0 Å². The molecule has 0 saturated heterocycles. The zero-order valence-corrected chi connectivity index (χ0v) is 10.5. The minimum atomic E-state index is 0.866. The monoisotopic (exact) mass is 202 g/mol. The van der Waals surface area contributed by atoms with E-state index in [9.17, 15) is 0 Å². The zero-order chi connectivity index (χ0) is 9.94. The third kappa shape index (κ3) is 12.4. The number of hydrogen-bond donors (Lipinski definition) is 0. The number of hydrogen-bond acceptors (Lipinski definition) is 1. The molecule has 0 heterocycles. The minimum absolute atomic E-state index is 0.866. The molecular formula is C12H26S. The van der Waals surface area contributed by atoms with E-state index < -0.39 is 0 Å². The molecule has 0 fully saturated rings. The van der Waals surface area contributed by atoms with Gasteiger partial charge >= 0.3 is 0 Å². The van der Waals surface area contributed by atoms with Gasteiger partial charge in [0.15, 0.2) is 0 Å². The van der Waals surface area contributed by atoms with E-state index in [-0.39, 0.29) is 0 Å². The van der Waals surface area contributed by atoms with Gasteiger partial charge in [-0.25, -0.2) is 0 Å². The quantitative estimate of drug-likeness (QED) is 0.487. The molecule has 0 aromatic heterocycles. The van der Waals surface area contributed by atoms with E-state index in [0.29, 0.717) is 0 Å². The van der Waals surface area contributed by atoms with Gasteiger partial charge in [-0.15, -0.1) is 0 Å². The average Bonchev–Trinajstić information content (AvgIpc) is 2.09. The first-order valence-electron chi connectivity index (χ1n) is 5.85. The molecule has 80 valence electrons. The first kappa shape index (κ1) is 13.4. The maximum Gasteiger partial charge on any atom is -0.00444 e. The summed E-state index contributed by atoms with van der Waals surface area (Å²) in [5.74, 6) is 3.59. The van der Waals surface area contributed by atoms with Crippen LogP contribution >= 0.6 is 11.8 Å². The van der Waals surface area contributed by atoms with Gasteiger partial charge in [-0.1, -0.05) is 52.9 Å². The van der Waals surface area contributed by atoms with Crippen molar-refractivity contribution in [3.8, 4) is 0 Å². The van der Waals surface area contributed by atoms with E-state index in [2.05, 4.69) is 32.5 Å². The summed E-state index contributed by atoms with van der Waals surface area (Å²) < 4.78 is 0. The lowest BCUT2D eigenvalue weighted by Gasteiger charge is -2.04. The van der Waals surface area contributed by atoms with Gasteiger partial charge in [-0.2, -0.15) is 11.8 Å². The second-order valence-electron chi connectivity index (χ2n) is 4.24. The van der Waals surface area contributed by atoms with Crippen molar-refractivity contribution in [1.29, 1.82) is 0 Å². The lowest BCUT2D eigenvalue weighted by atomic mass is 10.1. The van der Waals surface area contributed by atoms with Crippen molar-refractivity contribution in [3.63, 3.8) is 0 Å². The molecule has 13 heavy (non-hydrogen) atoms. The lowest BCUT2D eigenvalue weighted by molar-refractivity contribution is 0.626. The van der Waals surface area contributed by atoms with Crippen molar-refractivity contribution in [3.05, 3.63) is 0 Å². The Morgan fingerprint density at radius 1 is 0.923 bits per heavy atom. The standard InChI is InChI=1S/C12H26S/c1-4-5-6-7-8-9-10-13-11-12(2)3/h12H,4-11H2,1-3H3. The van der Waals surface area contributed by atoms with Crippen LogP contribution in [0.1, 0.15) is 59.3 Å². The zero-order valence-electron chi connectivity index (χ0n) is 9.64. The Bertz CT molecular complexity index is 89.1. The van der Waals surface area contributed by atoms with Crippen LogP contribution in [-0.4, -0.2) is 11.5 Å². The van der Waals surface area contributed by atoms with Gasteiger partial charge in [0.25, 0.3) is 0 Å². The molecule has 0 aliphatic carbocycles. The molecule has 0 nitrogen and oxygen atoms in total. The topological polar surface area (TPSA) is 0 Å². The van der Waals surface area contributed by atoms with Gasteiger partial charge in [-0.3, -0.25) is 0 Å². The molecule has 0 radical (unpaired) electrons. The molecule has 0 amide bonds. The fourth-order valence-electron chi connectivity index (χ4n) is 1.30. The fraction of sp³-hybridized carbons (Fsp3) is 1.00. The molecular weight excluding hydrogens is 176 g/mol. The molecule has 0 bridgehead atoms. The SMILES string of the molecule is CCCCCCCCSCC(C)C.